The van der Waals surface area contributed by atoms with Crippen LogP contribution < -0.4 is 0 Å². The monoisotopic (exact) mass is 1580 g/mol. The van der Waals surface area contributed by atoms with Crippen LogP contribution in [0.25, 0.3) is 151 Å². The molecule has 120 heavy (non-hydrogen) atoms. The maximum Gasteiger partial charge on any atom is -0.00585 e. The van der Waals surface area contributed by atoms with Gasteiger partial charge >= 0.3 is 0 Å². The van der Waals surface area contributed by atoms with Gasteiger partial charge in [-0.05, 0) is 299 Å². The molecule has 0 N–H and O–H groups in total. The van der Waals surface area contributed by atoms with E-state index in [1.165, 1.54) is 195 Å². The SMILES string of the molecule is CC.CC.CC.CC.CC(C)(C)c1c2cc3ccccc3cc2c(C(C)(C)C)c2cc3ccccc3cc12.CC(C)(C)c1c2ccccc2c(C(C)(C)C)c2c1ccc1ccccc12.CC(C)(C)c1c2ccccc2cc2c(C(C)(C)C)c3cc4ccccc4cc3cc12.CC(C)(C)c1cc2ccccc2c2c(C(C)(C)C)cc3ccccc3c12. The van der Waals surface area contributed by atoms with Gasteiger partial charge in [0, 0.05) is 0 Å². The summed E-state index contributed by atoms with van der Waals surface area (Å²) in [4.78, 5) is 0. The van der Waals surface area contributed by atoms with Crippen LogP contribution in [-0.4, -0.2) is 0 Å². The lowest BCUT2D eigenvalue weighted by atomic mass is 9.73. The Balaban J connectivity index is 0.000000152. The third-order valence-corrected chi connectivity index (χ3v) is 23.6. The zero-order valence-electron chi connectivity index (χ0n) is 79.4. The average Bonchev–Trinajstić information content (AvgIpc) is 0.729. The highest BCUT2D eigenvalue weighted by Crippen LogP contribution is 2.51. The molecule has 0 aliphatic rings. The van der Waals surface area contributed by atoms with E-state index in [0.29, 0.717) is 0 Å². The Morgan fingerprint density at radius 3 is 0.650 bits per heavy atom. The van der Waals surface area contributed by atoms with Crippen LogP contribution >= 0.6 is 0 Å². The van der Waals surface area contributed by atoms with Gasteiger partial charge in [0.15, 0.2) is 0 Å². The van der Waals surface area contributed by atoms with Crippen LogP contribution in [0.3, 0.4) is 0 Å². The van der Waals surface area contributed by atoms with Crippen molar-refractivity contribution >= 4 is 151 Å². The first-order valence-electron chi connectivity index (χ1n) is 45.1. The first-order chi connectivity index (χ1) is 56.7. The van der Waals surface area contributed by atoms with E-state index < -0.39 is 0 Å². The van der Waals surface area contributed by atoms with Crippen LogP contribution in [0, 0.1) is 0 Å². The van der Waals surface area contributed by atoms with E-state index in [2.05, 4.69) is 433 Å². The summed E-state index contributed by atoms with van der Waals surface area (Å²) in [5.41, 5.74) is 12.1. The Labute approximate surface area is 722 Å². The minimum atomic E-state index is 0.0395. The van der Waals surface area contributed by atoms with Crippen molar-refractivity contribution in [2.45, 2.75) is 265 Å². The average molecular weight is 1580 g/mol. The number of benzene rings is 18. The van der Waals surface area contributed by atoms with Gasteiger partial charge in [-0.2, -0.15) is 0 Å². The summed E-state index contributed by atoms with van der Waals surface area (Å²) in [5, 5.41) is 38.3. The molecule has 0 heterocycles. The second kappa shape index (κ2) is 35.0. The summed E-state index contributed by atoms with van der Waals surface area (Å²) < 4.78 is 0. The van der Waals surface area contributed by atoms with Crippen molar-refractivity contribution in [1.29, 1.82) is 0 Å². The number of fused-ring (bicyclic) bond motifs is 17. The van der Waals surface area contributed by atoms with Crippen molar-refractivity contribution in [3.8, 4) is 0 Å². The molecule has 0 aliphatic carbocycles. The quantitative estimate of drug-likeness (QED) is 0.105. The summed E-state index contributed by atoms with van der Waals surface area (Å²) >= 11 is 0. The van der Waals surface area contributed by atoms with Gasteiger partial charge in [-0.25, -0.2) is 0 Å². The van der Waals surface area contributed by atoms with Gasteiger partial charge in [0.1, 0.15) is 0 Å². The first kappa shape index (κ1) is 90.4. The van der Waals surface area contributed by atoms with Crippen LogP contribution in [-0.2, 0) is 43.3 Å². The first-order valence-corrected chi connectivity index (χ1v) is 45.1. The highest BCUT2D eigenvalue weighted by atomic mass is 14.4. The van der Waals surface area contributed by atoms with Crippen molar-refractivity contribution in [1.82, 2.24) is 0 Å². The second-order valence-corrected chi connectivity index (χ2v) is 40.5. The molecule has 0 amide bonds. The zero-order valence-corrected chi connectivity index (χ0v) is 79.4. The van der Waals surface area contributed by atoms with E-state index in [-0.39, 0.29) is 43.3 Å². The van der Waals surface area contributed by atoms with Gasteiger partial charge in [-0.3, -0.25) is 0 Å². The van der Waals surface area contributed by atoms with E-state index in [9.17, 15) is 0 Å². The number of hydrogen-bond acceptors (Lipinski definition) is 0. The summed E-state index contributed by atoms with van der Waals surface area (Å²) in [5.74, 6) is 0. The Hall–Kier alpha value is -10.4. The molecule has 0 nitrogen and oxygen atoms in total. The fraction of sp³-hybridized carbons (Fsp3) is 0.333. The maximum absolute atomic E-state index is 2.44. The fourth-order valence-electron chi connectivity index (χ4n) is 19.1. The fourth-order valence-corrected chi connectivity index (χ4v) is 19.1. The van der Waals surface area contributed by atoms with E-state index in [1.807, 2.05) is 55.4 Å². The minimum Gasteiger partial charge on any atom is -0.0683 e. The Morgan fingerprint density at radius 2 is 0.333 bits per heavy atom. The van der Waals surface area contributed by atoms with Crippen molar-refractivity contribution in [3.63, 3.8) is 0 Å². The lowest BCUT2D eigenvalue weighted by Crippen LogP contribution is -2.17. The molecule has 0 heteroatoms. The molecular weight excluding hydrogens is 1440 g/mol. The topological polar surface area (TPSA) is 0 Å². The molecular formula is C120H140. The van der Waals surface area contributed by atoms with E-state index in [1.54, 1.807) is 0 Å². The van der Waals surface area contributed by atoms with Crippen molar-refractivity contribution in [3.05, 3.63) is 311 Å². The zero-order chi connectivity index (χ0) is 87.9. The summed E-state index contributed by atoms with van der Waals surface area (Å²) in [7, 11) is 0. The minimum absolute atomic E-state index is 0.0395. The molecule has 0 radical (unpaired) electrons. The Morgan fingerprint density at radius 1 is 0.125 bits per heavy atom. The smallest absolute Gasteiger partial charge is 0.00585 e. The molecule has 0 bridgehead atoms. The molecule has 0 fully saturated rings. The molecule has 0 aromatic heterocycles. The molecule has 18 aromatic rings. The Kier molecular flexibility index (Phi) is 26.3. The molecule has 18 rings (SSSR count). The molecule has 0 saturated carbocycles. The van der Waals surface area contributed by atoms with Gasteiger partial charge in [-0.1, -0.05) is 428 Å². The molecule has 0 aliphatic heterocycles. The van der Waals surface area contributed by atoms with Crippen LogP contribution in [0.2, 0.25) is 0 Å². The summed E-state index contributed by atoms with van der Waals surface area (Å²) in [6, 6.07) is 99.4. The highest BCUT2D eigenvalue weighted by Gasteiger charge is 2.33. The highest BCUT2D eigenvalue weighted by molar-refractivity contribution is 6.22. The number of hydrogen-bond donors (Lipinski definition) is 0. The predicted molar refractivity (Wildman–Crippen MR) is 546 cm³/mol. The van der Waals surface area contributed by atoms with Gasteiger partial charge in [-0.15, -0.1) is 0 Å². The van der Waals surface area contributed by atoms with E-state index >= 15 is 0 Å². The van der Waals surface area contributed by atoms with Gasteiger partial charge < -0.3 is 0 Å². The predicted octanol–water partition coefficient (Wildman–Crippen LogP) is 37.4. The molecule has 0 unspecified atom stereocenters. The van der Waals surface area contributed by atoms with Crippen LogP contribution in [0.15, 0.2) is 267 Å². The lowest BCUT2D eigenvalue weighted by molar-refractivity contribution is 0.592. The molecule has 620 valence electrons. The molecule has 18 aromatic carbocycles. The van der Waals surface area contributed by atoms with E-state index in [0.717, 1.165) is 0 Å². The molecule has 0 atom stereocenters. The molecule has 0 spiro atoms. The van der Waals surface area contributed by atoms with Gasteiger partial charge in [0.05, 0.1) is 0 Å². The van der Waals surface area contributed by atoms with Crippen molar-refractivity contribution in [2.24, 2.45) is 0 Å². The van der Waals surface area contributed by atoms with E-state index in [4.69, 9.17) is 0 Å². The van der Waals surface area contributed by atoms with Crippen molar-refractivity contribution in [2.75, 3.05) is 0 Å². The summed E-state index contributed by atoms with van der Waals surface area (Å²) in [6.45, 7) is 72.2. The van der Waals surface area contributed by atoms with Gasteiger partial charge in [0.25, 0.3) is 0 Å². The number of rotatable bonds is 0. The normalized spacial score (nSPS) is 12.3. The largest absolute Gasteiger partial charge is 0.0683 e. The molecule has 0 saturated heterocycles. The second-order valence-electron chi connectivity index (χ2n) is 40.5. The third-order valence-electron chi connectivity index (χ3n) is 23.6. The van der Waals surface area contributed by atoms with Gasteiger partial charge in [0.2, 0.25) is 0 Å². The van der Waals surface area contributed by atoms with Crippen molar-refractivity contribution < 1.29 is 0 Å². The maximum atomic E-state index is 2.44. The van der Waals surface area contributed by atoms with Crippen LogP contribution in [0.4, 0.5) is 0 Å². The third kappa shape index (κ3) is 17.7. The summed E-state index contributed by atoms with van der Waals surface area (Å²) in [6.07, 6.45) is 0. The Bertz CT molecular complexity index is 6420. The lowest BCUT2D eigenvalue weighted by Gasteiger charge is -2.31. The standard InChI is InChI=1S/2C30H30.2C26H28.4C2H6/c1-29(2,3)27-23-15-19-11-7-9-13-21(19)17-25(23)28(30(4,5)6)26-18-22-14-10-8-12-20(22)16-24(26)27;1-29(2,3)27-23-14-10-9-13-21(23)17-25-26(27)18-22-15-19-11-7-8-12-20(19)16-24(22)28(25)30(4,5)6;1-25(2,3)21-15-17-11-7-10-14-20(17)24-22(26(4,5)6)16-18-12-8-9-13-19(18)23(21)24;1-25(2,3)23-19-13-9-10-14-20(19)24(26(4,5)6)22-18-12-8-7-11-17(18)15-16-21(22)23;4*1-2/h2*7-18H,1-6H3;2*7-16H,1-6H3;4*1-2H3. The van der Waals surface area contributed by atoms with Crippen LogP contribution in [0.5, 0.6) is 0 Å². The van der Waals surface area contributed by atoms with Crippen LogP contribution in [0.1, 0.15) is 266 Å².